The molecular weight excluding hydrogens is 410 g/mol. The first-order valence-corrected chi connectivity index (χ1v) is 10.8. The highest BCUT2D eigenvalue weighted by atomic mass is 16.2. The minimum Gasteiger partial charge on any atom is -0.352 e. The SMILES string of the molecule is CN1CCN(Cc2ccc(CNC(=O)CCc3nc4c([nH]3)c(=O)[nH]c(=O)n4C)cc2)CC1. The van der Waals surface area contributed by atoms with Crippen molar-refractivity contribution in [3.05, 3.63) is 62.1 Å². The fraction of sp³-hybridized carbons (Fsp3) is 0.455. The summed E-state index contributed by atoms with van der Waals surface area (Å²) in [4.78, 5) is 50.0. The van der Waals surface area contributed by atoms with Crippen molar-refractivity contribution in [3.63, 3.8) is 0 Å². The number of aromatic nitrogens is 4. The van der Waals surface area contributed by atoms with Crippen LogP contribution in [0.2, 0.25) is 0 Å². The molecular formula is C22H29N7O3. The lowest BCUT2D eigenvalue weighted by atomic mass is 10.1. The number of H-pyrrole nitrogens is 2. The van der Waals surface area contributed by atoms with E-state index in [2.05, 4.69) is 61.4 Å². The van der Waals surface area contributed by atoms with E-state index < -0.39 is 11.2 Å². The Bertz CT molecular complexity index is 1200. The normalized spacial score (nSPS) is 15.3. The highest BCUT2D eigenvalue weighted by Gasteiger charge is 2.14. The maximum Gasteiger partial charge on any atom is 0.329 e. The summed E-state index contributed by atoms with van der Waals surface area (Å²) < 4.78 is 1.27. The number of amides is 1. The second kappa shape index (κ2) is 9.49. The van der Waals surface area contributed by atoms with Crippen LogP contribution in [0, 0.1) is 0 Å². The lowest BCUT2D eigenvalue weighted by Crippen LogP contribution is -2.43. The fourth-order valence-corrected chi connectivity index (χ4v) is 3.82. The molecule has 1 aliphatic heterocycles. The van der Waals surface area contributed by atoms with E-state index in [0.717, 1.165) is 38.3 Å². The van der Waals surface area contributed by atoms with Gasteiger partial charge in [-0.2, -0.15) is 0 Å². The minimum atomic E-state index is -0.521. The molecule has 0 spiro atoms. The Kier molecular flexibility index (Phi) is 6.52. The Morgan fingerprint density at radius 2 is 1.72 bits per heavy atom. The number of likely N-dealkylation sites (N-methyl/N-ethyl adjacent to an activating group) is 1. The maximum atomic E-state index is 12.3. The van der Waals surface area contributed by atoms with Gasteiger partial charge in [-0.05, 0) is 18.2 Å². The smallest absolute Gasteiger partial charge is 0.329 e. The van der Waals surface area contributed by atoms with Gasteiger partial charge in [0.2, 0.25) is 5.91 Å². The number of nitrogens with one attached hydrogen (secondary N) is 3. The molecule has 32 heavy (non-hydrogen) atoms. The van der Waals surface area contributed by atoms with Crippen LogP contribution in [0.5, 0.6) is 0 Å². The largest absolute Gasteiger partial charge is 0.352 e. The summed E-state index contributed by atoms with van der Waals surface area (Å²) in [5, 5.41) is 2.92. The number of carbonyl (C=O) groups is 1. The van der Waals surface area contributed by atoms with Crippen LogP contribution in [-0.2, 0) is 31.4 Å². The summed E-state index contributed by atoms with van der Waals surface area (Å²) >= 11 is 0. The molecule has 0 bridgehead atoms. The fourth-order valence-electron chi connectivity index (χ4n) is 3.82. The van der Waals surface area contributed by atoms with E-state index in [1.807, 2.05) is 0 Å². The van der Waals surface area contributed by atoms with Crippen LogP contribution < -0.4 is 16.6 Å². The van der Waals surface area contributed by atoms with Crippen LogP contribution >= 0.6 is 0 Å². The van der Waals surface area contributed by atoms with E-state index in [0.29, 0.717) is 18.8 Å². The van der Waals surface area contributed by atoms with Crippen LogP contribution in [0.25, 0.3) is 11.2 Å². The quantitative estimate of drug-likeness (QED) is 0.475. The van der Waals surface area contributed by atoms with Gasteiger partial charge in [0.05, 0.1) is 0 Å². The third-order valence-electron chi connectivity index (χ3n) is 5.91. The summed E-state index contributed by atoms with van der Waals surface area (Å²) in [6.45, 7) is 5.79. The summed E-state index contributed by atoms with van der Waals surface area (Å²) in [6, 6.07) is 8.35. The standard InChI is InChI=1S/C22H29N7O3/c1-27-9-11-29(12-10-27)14-16-5-3-15(4-6-16)13-23-18(30)8-7-17-24-19-20(25-17)28(2)22(32)26-21(19)31/h3-6H,7-14H2,1-2H3,(H,23,30)(H,24,25)(H,26,31,32). The van der Waals surface area contributed by atoms with Gasteiger partial charge >= 0.3 is 5.69 Å². The van der Waals surface area contributed by atoms with Crippen molar-refractivity contribution >= 4 is 17.1 Å². The van der Waals surface area contributed by atoms with Gasteiger partial charge in [-0.15, -0.1) is 0 Å². The van der Waals surface area contributed by atoms with E-state index in [-0.39, 0.29) is 23.5 Å². The summed E-state index contributed by atoms with van der Waals surface area (Å²) in [5.74, 6) is 0.393. The topological polar surface area (TPSA) is 119 Å². The molecule has 1 fully saturated rings. The lowest BCUT2D eigenvalue weighted by Gasteiger charge is -2.32. The number of hydrogen-bond donors (Lipinski definition) is 3. The molecule has 0 saturated carbocycles. The average molecular weight is 440 g/mol. The Morgan fingerprint density at radius 1 is 1.03 bits per heavy atom. The molecule has 0 unspecified atom stereocenters. The van der Waals surface area contributed by atoms with Crippen molar-refractivity contribution in [2.75, 3.05) is 33.2 Å². The molecule has 170 valence electrons. The zero-order valence-corrected chi connectivity index (χ0v) is 18.5. The van der Waals surface area contributed by atoms with Crippen molar-refractivity contribution in [2.45, 2.75) is 25.9 Å². The van der Waals surface area contributed by atoms with Gasteiger partial charge in [0.25, 0.3) is 5.56 Å². The number of carbonyl (C=O) groups excluding carboxylic acids is 1. The van der Waals surface area contributed by atoms with Crippen LogP contribution in [0.3, 0.4) is 0 Å². The zero-order chi connectivity index (χ0) is 22.7. The molecule has 1 aliphatic rings. The van der Waals surface area contributed by atoms with E-state index >= 15 is 0 Å². The highest BCUT2D eigenvalue weighted by Crippen LogP contribution is 2.10. The van der Waals surface area contributed by atoms with Gasteiger partial charge in [-0.1, -0.05) is 24.3 Å². The Balaban J connectivity index is 1.26. The molecule has 0 radical (unpaired) electrons. The summed E-state index contributed by atoms with van der Waals surface area (Å²) in [7, 11) is 3.69. The number of imidazole rings is 1. The second-order valence-electron chi connectivity index (χ2n) is 8.37. The highest BCUT2D eigenvalue weighted by molar-refractivity contribution is 5.76. The third-order valence-corrected chi connectivity index (χ3v) is 5.91. The van der Waals surface area contributed by atoms with Gasteiger partial charge in [-0.3, -0.25) is 24.0 Å². The second-order valence-corrected chi connectivity index (χ2v) is 8.37. The molecule has 1 aromatic carbocycles. The number of benzene rings is 1. The molecule has 3 heterocycles. The molecule has 1 amide bonds. The third kappa shape index (κ3) is 5.14. The van der Waals surface area contributed by atoms with Gasteiger partial charge in [0.1, 0.15) is 11.3 Å². The van der Waals surface area contributed by atoms with Gasteiger partial charge in [0.15, 0.2) is 5.65 Å². The lowest BCUT2D eigenvalue weighted by molar-refractivity contribution is -0.121. The van der Waals surface area contributed by atoms with Crippen LogP contribution in [0.15, 0.2) is 33.9 Å². The number of hydrogen-bond acceptors (Lipinski definition) is 6. The number of nitrogens with zero attached hydrogens (tertiary/aromatic N) is 4. The van der Waals surface area contributed by atoms with Crippen molar-refractivity contribution in [1.82, 2.24) is 34.6 Å². The molecule has 3 aromatic rings. The first-order chi connectivity index (χ1) is 15.4. The first kappa shape index (κ1) is 22.0. The summed E-state index contributed by atoms with van der Waals surface area (Å²) in [5.41, 5.74) is 1.81. The first-order valence-electron chi connectivity index (χ1n) is 10.8. The number of aromatic amines is 2. The van der Waals surface area contributed by atoms with Crippen LogP contribution in [-0.4, -0.2) is 68.5 Å². The van der Waals surface area contributed by atoms with Crippen molar-refractivity contribution in [3.8, 4) is 0 Å². The Hall–Kier alpha value is -3.24. The molecule has 10 heteroatoms. The molecule has 3 N–H and O–H groups in total. The minimum absolute atomic E-state index is 0.102. The predicted molar refractivity (Wildman–Crippen MR) is 121 cm³/mol. The average Bonchev–Trinajstić information content (AvgIpc) is 3.22. The van der Waals surface area contributed by atoms with Crippen molar-refractivity contribution in [1.29, 1.82) is 0 Å². The predicted octanol–water partition coefficient (Wildman–Crippen LogP) is -0.0537. The molecule has 4 rings (SSSR count). The van der Waals surface area contributed by atoms with Crippen LogP contribution in [0.1, 0.15) is 23.4 Å². The van der Waals surface area contributed by atoms with E-state index in [4.69, 9.17) is 0 Å². The maximum absolute atomic E-state index is 12.3. The zero-order valence-electron chi connectivity index (χ0n) is 18.5. The van der Waals surface area contributed by atoms with Crippen molar-refractivity contribution < 1.29 is 4.79 Å². The Labute approximate surface area is 185 Å². The van der Waals surface area contributed by atoms with Gasteiger partial charge < -0.3 is 15.2 Å². The Morgan fingerprint density at radius 3 is 2.44 bits per heavy atom. The molecule has 0 aliphatic carbocycles. The number of piperazine rings is 1. The van der Waals surface area contributed by atoms with Gasteiger partial charge in [-0.25, -0.2) is 9.78 Å². The van der Waals surface area contributed by atoms with Gasteiger partial charge in [0, 0.05) is 59.2 Å². The molecule has 1 saturated heterocycles. The molecule has 2 aromatic heterocycles. The van der Waals surface area contributed by atoms with E-state index in [1.165, 1.54) is 17.2 Å². The van der Waals surface area contributed by atoms with E-state index in [9.17, 15) is 14.4 Å². The summed E-state index contributed by atoms with van der Waals surface area (Å²) in [6.07, 6.45) is 0.575. The van der Waals surface area contributed by atoms with Crippen molar-refractivity contribution in [2.24, 2.45) is 7.05 Å². The number of rotatable bonds is 7. The van der Waals surface area contributed by atoms with Crippen LogP contribution in [0.4, 0.5) is 0 Å². The molecule has 0 atom stereocenters. The number of fused-ring (bicyclic) bond motifs is 1. The monoisotopic (exact) mass is 439 g/mol. The molecule has 10 nitrogen and oxygen atoms in total. The van der Waals surface area contributed by atoms with E-state index in [1.54, 1.807) is 0 Å². The number of aryl methyl sites for hydroxylation is 2.